The lowest BCUT2D eigenvalue weighted by Gasteiger charge is -2.15. The molecule has 7 heteroatoms. The third kappa shape index (κ3) is 6.09. The highest BCUT2D eigenvalue weighted by molar-refractivity contribution is 8.00. The predicted molar refractivity (Wildman–Crippen MR) is 101 cm³/mol. The maximum absolute atomic E-state index is 12.1. The first-order chi connectivity index (χ1) is 11.0. The Morgan fingerprint density at radius 1 is 1.09 bits per heavy atom. The van der Waals surface area contributed by atoms with E-state index in [2.05, 4.69) is 16.2 Å². The monoisotopic (exact) mass is 365 g/mol. The Hall–Kier alpha value is -1.76. The Morgan fingerprint density at radius 3 is 2.39 bits per heavy atom. The molecule has 2 aromatic carbocycles. The van der Waals surface area contributed by atoms with Gasteiger partial charge < -0.3 is 5.32 Å². The molecule has 1 atom stereocenters. The van der Waals surface area contributed by atoms with Crippen LogP contribution >= 0.6 is 35.6 Å². The van der Waals surface area contributed by atoms with E-state index < -0.39 is 0 Å². The minimum absolute atomic E-state index is 0.165. The number of hydrogen-bond acceptors (Lipinski definition) is 3. The summed E-state index contributed by atoms with van der Waals surface area (Å²) in [5, 5.41) is 3.70. The van der Waals surface area contributed by atoms with Crippen molar-refractivity contribution in [1.29, 1.82) is 0 Å². The van der Waals surface area contributed by atoms with Gasteiger partial charge in [-0.2, -0.15) is 0 Å². The Bertz CT molecular complexity index is 665. The molecule has 3 N–H and O–H groups in total. The van der Waals surface area contributed by atoms with Crippen LogP contribution in [0, 0.1) is 0 Å². The van der Waals surface area contributed by atoms with Gasteiger partial charge in [0.15, 0.2) is 5.11 Å². The molecule has 2 rings (SSSR count). The largest absolute Gasteiger partial charge is 0.331 e. The number of anilines is 1. The Kier molecular flexibility index (Phi) is 6.70. The number of hydrogen-bond donors (Lipinski definition) is 3. The number of thiocarbonyl (C=S) groups is 1. The van der Waals surface area contributed by atoms with Gasteiger partial charge in [0.2, 0.25) is 0 Å². The lowest BCUT2D eigenvalue weighted by molar-refractivity contribution is -0.120. The standard InChI is InChI=1S/C16H16ClN3OS2/c1-11(23-14-9-7-12(17)8-10-14)15(21)19-20-16(22)18-13-5-3-2-4-6-13/h2-11H,1H3,(H,19,21)(H2,18,20,22)/t11-/m1/s1. The van der Waals surface area contributed by atoms with Crippen molar-refractivity contribution in [3.63, 3.8) is 0 Å². The van der Waals surface area contributed by atoms with Gasteiger partial charge in [-0.3, -0.25) is 15.6 Å². The highest BCUT2D eigenvalue weighted by atomic mass is 35.5. The van der Waals surface area contributed by atoms with Crippen LogP contribution in [0.1, 0.15) is 6.92 Å². The molecule has 0 heterocycles. The zero-order valence-corrected chi connectivity index (χ0v) is 14.8. The second kappa shape index (κ2) is 8.76. The van der Waals surface area contributed by atoms with Crippen molar-refractivity contribution in [2.45, 2.75) is 17.1 Å². The minimum Gasteiger partial charge on any atom is -0.331 e. The number of thioether (sulfide) groups is 1. The smallest absolute Gasteiger partial charge is 0.251 e. The number of hydrazine groups is 1. The summed E-state index contributed by atoms with van der Waals surface area (Å²) < 4.78 is 0. The molecule has 4 nitrogen and oxygen atoms in total. The molecule has 23 heavy (non-hydrogen) atoms. The Labute approximate surface area is 150 Å². The molecule has 1 amide bonds. The van der Waals surface area contributed by atoms with Crippen LogP contribution in [-0.2, 0) is 4.79 Å². The second-order valence-corrected chi connectivity index (χ2v) is 6.91. The number of carbonyl (C=O) groups is 1. The summed E-state index contributed by atoms with van der Waals surface area (Å²) in [5.41, 5.74) is 6.14. The molecule has 2 aromatic rings. The summed E-state index contributed by atoms with van der Waals surface area (Å²) in [7, 11) is 0. The molecule has 0 unspecified atom stereocenters. The van der Waals surface area contributed by atoms with E-state index in [0.29, 0.717) is 10.1 Å². The average Bonchev–Trinajstić information content (AvgIpc) is 2.55. The van der Waals surface area contributed by atoms with E-state index in [1.807, 2.05) is 49.4 Å². The minimum atomic E-state index is -0.275. The predicted octanol–water partition coefficient (Wildman–Crippen LogP) is 3.84. The summed E-state index contributed by atoms with van der Waals surface area (Å²) in [6.45, 7) is 1.82. The van der Waals surface area contributed by atoms with E-state index in [9.17, 15) is 4.79 Å². The van der Waals surface area contributed by atoms with Gasteiger partial charge in [-0.25, -0.2) is 0 Å². The van der Waals surface area contributed by atoms with E-state index in [1.54, 1.807) is 12.1 Å². The Morgan fingerprint density at radius 2 is 1.74 bits per heavy atom. The molecule has 0 aliphatic rings. The highest BCUT2D eigenvalue weighted by Gasteiger charge is 2.14. The van der Waals surface area contributed by atoms with Gasteiger partial charge in [0.1, 0.15) is 0 Å². The van der Waals surface area contributed by atoms with Crippen LogP contribution in [0.2, 0.25) is 5.02 Å². The van der Waals surface area contributed by atoms with E-state index >= 15 is 0 Å². The van der Waals surface area contributed by atoms with Crippen molar-refractivity contribution in [3.8, 4) is 0 Å². The number of nitrogens with one attached hydrogen (secondary N) is 3. The number of amides is 1. The molecule has 0 aromatic heterocycles. The summed E-state index contributed by atoms with van der Waals surface area (Å²) >= 11 is 12.4. The summed E-state index contributed by atoms with van der Waals surface area (Å²) in [6, 6.07) is 16.8. The molecule has 0 aliphatic carbocycles. The fraction of sp³-hybridized carbons (Fsp3) is 0.125. The molecule has 0 saturated carbocycles. The fourth-order valence-corrected chi connectivity index (χ4v) is 2.84. The molecule has 0 radical (unpaired) electrons. The maximum Gasteiger partial charge on any atom is 0.251 e. The third-order valence-corrected chi connectivity index (χ3v) is 4.39. The van der Waals surface area contributed by atoms with Crippen molar-refractivity contribution in [3.05, 3.63) is 59.6 Å². The molecule has 0 fully saturated rings. The van der Waals surface area contributed by atoms with Crippen molar-refractivity contribution in [2.24, 2.45) is 0 Å². The van der Waals surface area contributed by atoms with Gasteiger partial charge in [-0.15, -0.1) is 11.8 Å². The van der Waals surface area contributed by atoms with Crippen LogP contribution in [0.15, 0.2) is 59.5 Å². The van der Waals surface area contributed by atoms with Gasteiger partial charge in [0, 0.05) is 15.6 Å². The number of rotatable bonds is 4. The van der Waals surface area contributed by atoms with E-state index in [4.69, 9.17) is 23.8 Å². The lowest BCUT2D eigenvalue weighted by atomic mass is 10.3. The van der Waals surface area contributed by atoms with Crippen molar-refractivity contribution in [2.75, 3.05) is 5.32 Å². The number of para-hydroxylation sites is 1. The SMILES string of the molecule is C[C@@H](Sc1ccc(Cl)cc1)C(=O)NNC(=S)Nc1ccccc1. The first-order valence-corrected chi connectivity index (χ1v) is 8.55. The van der Waals surface area contributed by atoms with Gasteiger partial charge in [-0.1, -0.05) is 29.8 Å². The van der Waals surface area contributed by atoms with Crippen LogP contribution in [0.25, 0.3) is 0 Å². The first kappa shape index (κ1) is 17.6. The van der Waals surface area contributed by atoms with Crippen molar-refractivity contribution in [1.82, 2.24) is 10.9 Å². The molecular formula is C16H16ClN3OS2. The van der Waals surface area contributed by atoms with Gasteiger partial charge in [0.05, 0.1) is 5.25 Å². The molecule has 0 aliphatic heterocycles. The van der Waals surface area contributed by atoms with Gasteiger partial charge >= 0.3 is 0 Å². The summed E-state index contributed by atoms with van der Waals surface area (Å²) in [4.78, 5) is 13.0. The molecule has 120 valence electrons. The van der Waals surface area contributed by atoms with Crippen LogP contribution in [0.3, 0.4) is 0 Å². The van der Waals surface area contributed by atoms with E-state index in [0.717, 1.165) is 10.6 Å². The van der Waals surface area contributed by atoms with E-state index in [-0.39, 0.29) is 11.2 Å². The molecule has 0 saturated heterocycles. The van der Waals surface area contributed by atoms with Crippen molar-refractivity contribution >= 4 is 52.3 Å². The lowest BCUT2D eigenvalue weighted by Crippen LogP contribution is -2.46. The zero-order valence-electron chi connectivity index (χ0n) is 12.4. The first-order valence-electron chi connectivity index (χ1n) is 6.89. The van der Waals surface area contributed by atoms with Crippen LogP contribution in [0.5, 0.6) is 0 Å². The van der Waals surface area contributed by atoms with Crippen LogP contribution in [-0.4, -0.2) is 16.3 Å². The highest BCUT2D eigenvalue weighted by Crippen LogP contribution is 2.24. The molecule has 0 bridgehead atoms. The van der Waals surface area contributed by atoms with Crippen LogP contribution in [0.4, 0.5) is 5.69 Å². The maximum atomic E-state index is 12.1. The topological polar surface area (TPSA) is 53.2 Å². The van der Waals surface area contributed by atoms with Gasteiger partial charge in [-0.05, 0) is 55.5 Å². The molecule has 0 spiro atoms. The number of benzene rings is 2. The fourth-order valence-electron chi connectivity index (χ4n) is 1.67. The quantitative estimate of drug-likeness (QED) is 0.436. The summed E-state index contributed by atoms with van der Waals surface area (Å²) in [6.07, 6.45) is 0. The molecular weight excluding hydrogens is 350 g/mol. The average molecular weight is 366 g/mol. The normalized spacial score (nSPS) is 11.4. The zero-order chi connectivity index (χ0) is 16.7. The summed E-state index contributed by atoms with van der Waals surface area (Å²) in [5.74, 6) is -0.165. The Balaban J connectivity index is 1.77. The van der Waals surface area contributed by atoms with E-state index in [1.165, 1.54) is 11.8 Å². The number of carbonyl (C=O) groups excluding carboxylic acids is 1. The van der Waals surface area contributed by atoms with Gasteiger partial charge in [0.25, 0.3) is 5.91 Å². The van der Waals surface area contributed by atoms with Crippen molar-refractivity contribution < 1.29 is 4.79 Å². The third-order valence-electron chi connectivity index (χ3n) is 2.83. The number of halogens is 1. The van der Waals surface area contributed by atoms with Crippen LogP contribution < -0.4 is 16.2 Å². The second-order valence-electron chi connectivity index (χ2n) is 4.65.